The first kappa shape index (κ1) is 20.4. The van der Waals surface area contributed by atoms with Crippen LogP contribution in [0, 0.1) is 0 Å². The Bertz CT molecular complexity index is 1320. The van der Waals surface area contributed by atoms with Gasteiger partial charge < -0.3 is 14.3 Å². The van der Waals surface area contributed by atoms with Gasteiger partial charge in [0.2, 0.25) is 0 Å². The minimum Gasteiger partial charge on any atom is -0.427 e. The van der Waals surface area contributed by atoms with Gasteiger partial charge in [-0.3, -0.25) is 0 Å². The Balaban J connectivity index is 1.68. The van der Waals surface area contributed by atoms with Crippen LogP contribution in [0.15, 0.2) is 60.7 Å². The Hall–Kier alpha value is -2.56. The molecule has 2 heterocycles. The monoisotopic (exact) mass is 410 g/mol. The van der Waals surface area contributed by atoms with Crippen LogP contribution < -0.4 is 5.46 Å². The fourth-order valence-corrected chi connectivity index (χ4v) is 4.60. The second-order valence-corrected chi connectivity index (χ2v) is 10.3. The molecule has 1 N–H and O–H groups in total. The molecule has 0 aliphatic carbocycles. The number of aliphatic hydroxyl groups is 1. The van der Waals surface area contributed by atoms with Crippen molar-refractivity contribution in [1.82, 2.24) is 4.57 Å². The largest absolute Gasteiger partial charge is 0.427 e. The molecule has 4 heteroatoms. The van der Waals surface area contributed by atoms with Gasteiger partial charge in [-0.25, -0.2) is 0 Å². The molecule has 0 atom stereocenters. The Labute approximate surface area is 184 Å². The molecule has 3 nitrogen and oxygen atoms in total. The first-order valence-corrected chi connectivity index (χ1v) is 10.9. The molecule has 1 radical (unpaired) electrons. The van der Waals surface area contributed by atoms with Crippen LogP contribution in [0.5, 0.6) is 0 Å². The summed E-state index contributed by atoms with van der Waals surface area (Å²) in [5, 5.41) is 13.0. The summed E-state index contributed by atoms with van der Waals surface area (Å²) in [6.45, 7) is 12.0. The average molecular weight is 410 g/mol. The number of benzene rings is 3. The lowest BCUT2D eigenvalue weighted by Gasteiger charge is -2.38. The number of hydrogen-bond donors (Lipinski definition) is 1. The number of hydrogen-bond acceptors (Lipinski definition) is 2. The maximum atomic E-state index is 10.4. The zero-order valence-corrected chi connectivity index (χ0v) is 19.2. The van der Waals surface area contributed by atoms with E-state index in [0.717, 1.165) is 5.46 Å². The maximum absolute atomic E-state index is 10.4. The standard InChI is InChI=1S/C27H29BNO2/c1-25(2)20-12-9-11-19-18-10-7-8-13-22(18)29(24(19)20)23-15-14-17(16-21(23)25)28-31-27(5,6)26(3,4)30/h7-16,30H,1-6H3. The quantitative estimate of drug-likeness (QED) is 0.468. The van der Waals surface area contributed by atoms with Crippen LogP contribution in [0.4, 0.5) is 0 Å². The average Bonchev–Trinajstić information content (AvgIpc) is 3.05. The highest BCUT2D eigenvalue weighted by Crippen LogP contribution is 2.46. The van der Waals surface area contributed by atoms with Gasteiger partial charge in [0.15, 0.2) is 0 Å². The Morgan fingerprint density at radius 3 is 2.32 bits per heavy atom. The number of fused-ring (bicyclic) bond motifs is 5. The van der Waals surface area contributed by atoms with Gasteiger partial charge in [0, 0.05) is 16.2 Å². The Morgan fingerprint density at radius 1 is 0.871 bits per heavy atom. The van der Waals surface area contributed by atoms with Crippen molar-refractivity contribution in [3.63, 3.8) is 0 Å². The van der Waals surface area contributed by atoms with Gasteiger partial charge in [-0.2, -0.15) is 0 Å². The molecule has 4 aromatic rings. The number of aromatic nitrogens is 1. The van der Waals surface area contributed by atoms with Crippen molar-refractivity contribution in [2.45, 2.75) is 58.2 Å². The van der Waals surface area contributed by atoms with E-state index in [2.05, 4.69) is 79.1 Å². The van der Waals surface area contributed by atoms with Crippen LogP contribution in [-0.2, 0) is 10.1 Å². The van der Waals surface area contributed by atoms with Crippen LogP contribution in [0.2, 0.25) is 0 Å². The normalized spacial score (nSPS) is 15.3. The van der Waals surface area contributed by atoms with E-state index >= 15 is 0 Å². The molecule has 0 unspecified atom stereocenters. The summed E-state index contributed by atoms with van der Waals surface area (Å²) in [5.41, 5.74) is 5.56. The topological polar surface area (TPSA) is 34.4 Å². The molecular formula is C27H29BNO2. The van der Waals surface area contributed by atoms with Gasteiger partial charge >= 0.3 is 7.48 Å². The molecule has 0 spiro atoms. The molecule has 0 fully saturated rings. The van der Waals surface area contributed by atoms with Crippen molar-refractivity contribution in [2.75, 3.05) is 0 Å². The molecule has 5 rings (SSSR count). The van der Waals surface area contributed by atoms with Crippen molar-refractivity contribution in [3.8, 4) is 5.69 Å². The van der Waals surface area contributed by atoms with E-state index in [4.69, 9.17) is 4.65 Å². The molecule has 1 aliphatic heterocycles. The molecule has 0 saturated carbocycles. The van der Waals surface area contributed by atoms with E-state index in [1.54, 1.807) is 21.3 Å². The van der Waals surface area contributed by atoms with Gasteiger partial charge in [-0.1, -0.05) is 67.8 Å². The third-order valence-corrected chi connectivity index (χ3v) is 7.27. The van der Waals surface area contributed by atoms with E-state index in [1.807, 2.05) is 13.8 Å². The molecule has 157 valence electrons. The second-order valence-electron chi connectivity index (χ2n) is 10.3. The maximum Gasteiger partial charge on any atom is 0.330 e. The highest BCUT2D eigenvalue weighted by molar-refractivity contribution is 6.47. The van der Waals surface area contributed by atoms with Crippen molar-refractivity contribution >= 4 is 34.8 Å². The van der Waals surface area contributed by atoms with Gasteiger partial charge in [-0.15, -0.1) is 0 Å². The lowest BCUT2D eigenvalue weighted by molar-refractivity contribution is -0.0893. The third kappa shape index (κ3) is 2.89. The fraction of sp³-hybridized carbons (Fsp3) is 0.333. The predicted molar refractivity (Wildman–Crippen MR) is 130 cm³/mol. The van der Waals surface area contributed by atoms with Crippen LogP contribution in [-0.4, -0.2) is 28.4 Å². The Kier molecular flexibility index (Phi) is 4.25. The van der Waals surface area contributed by atoms with Gasteiger partial charge in [0.1, 0.15) is 0 Å². The molecule has 0 amide bonds. The smallest absolute Gasteiger partial charge is 0.330 e. The van der Waals surface area contributed by atoms with E-state index < -0.39 is 11.2 Å². The molecule has 0 bridgehead atoms. The van der Waals surface area contributed by atoms with Crippen LogP contribution in [0.1, 0.15) is 52.7 Å². The van der Waals surface area contributed by atoms with Gasteiger partial charge in [0.05, 0.1) is 27.9 Å². The third-order valence-electron chi connectivity index (χ3n) is 7.27. The predicted octanol–water partition coefficient (Wildman–Crippen LogP) is 5.23. The van der Waals surface area contributed by atoms with Crippen LogP contribution in [0.3, 0.4) is 0 Å². The molecule has 1 aromatic heterocycles. The first-order chi connectivity index (χ1) is 14.5. The van der Waals surface area contributed by atoms with E-state index in [-0.39, 0.29) is 5.41 Å². The number of para-hydroxylation sites is 2. The molecule has 0 saturated heterocycles. The summed E-state index contributed by atoms with van der Waals surface area (Å²) in [7, 11) is 1.78. The zero-order chi connectivity index (χ0) is 22.2. The van der Waals surface area contributed by atoms with E-state index in [9.17, 15) is 5.11 Å². The molecule has 31 heavy (non-hydrogen) atoms. The van der Waals surface area contributed by atoms with Crippen molar-refractivity contribution < 1.29 is 9.76 Å². The highest BCUT2D eigenvalue weighted by Gasteiger charge is 2.37. The first-order valence-electron chi connectivity index (χ1n) is 10.9. The minimum atomic E-state index is -0.953. The Morgan fingerprint density at radius 2 is 1.58 bits per heavy atom. The van der Waals surface area contributed by atoms with Gasteiger partial charge in [-0.05, 0) is 51.0 Å². The SMILES string of the molecule is CC1(C)c2cc([B]OC(C)(C)C(C)(C)O)ccc2-n2c3ccccc3c3cccc1c32. The van der Waals surface area contributed by atoms with Crippen molar-refractivity contribution in [3.05, 3.63) is 71.8 Å². The van der Waals surface area contributed by atoms with Crippen molar-refractivity contribution in [1.29, 1.82) is 0 Å². The summed E-state index contributed by atoms with van der Waals surface area (Å²) >= 11 is 0. The summed E-state index contributed by atoms with van der Waals surface area (Å²) in [5.74, 6) is 0. The van der Waals surface area contributed by atoms with E-state index in [1.165, 1.54) is 38.6 Å². The molecular weight excluding hydrogens is 381 g/mol. The summed E-state index contributed by atoms with van der Waals surface area (Å²) in [6, 6.07) is 21.8. The van der Waals surface area contributed by atoms with Crippen LogP contribution in [0.25, 0.3) is 27.5 Å². The fourth-order valence-electron chi connectivity index (χ4n) is 4.60. The lowest BCUT2D eigenvalue weighted by Crippen LogP contribution is -2.49. The number of nitrogens with zero attached hydrogens (tertiary/aromatic N) is 1. The highest BCUT2D eigenvalue weighted by atomic mass is 16.5. The molecule has 1 aliphatic rings. The molecule has 3 aromatic carbocycles. The minimum absolute atomic E-state index is 0.144. The van der Waals surface area contributed by atoms with E-state index in [0.29, 0.717) is 0 Å². The summed E-state index contributed by atoms with van der Waals surface area (Å²) in [6.07, 6.45) is 0. The van der Waals surface area contributed by atoms with Crippen LogP contribution >= 0.6 is 0 Å². The van der Waals surface area contributed by atoms with Crippen molar-refractivity contribution in [2.24, 2.45) is 0 Å². The lowest BCUT2D eigenvalue weighted by atomic mass is 9.72. The summed E-state index contributed by atoms with van der Waals surface area (Å²) < 4.78 is 8.45. The number of rotatable bonds is 4. The van der Waals surface area contributed by atoms with Gasteiger partial charge in [0.25, 0.3) is 0 Å². The zero-order valence-electron chi connectivity index (χ0n) is 19.2. The second kappa shape index (κ2) is 6.47. The summed E-state index contributed by atoms with van der Waals surface area (Å²) in [4.78, 5) is 0.